The van der Waals surface area contributed by atoms with E-state index in [9.17, 15) is 24.0 Å². The number of amides is 3. The van der Waals surface area contributed by atoms with Gasteiger partial charge >= 0.3 is 6.09 Å². The van der Waals surface area contributed by atoms with Crippen LogP contribution in [0.15, 0.2) is 85.2 Å². The van der Waals surface area contributed by atoms with Crippen LogP contribution in [0.25, 0.3) is 0 Å². The second kappa shape index (κ2) is 24.9. The Bertz CT molecular complexity index is 2350. The first-order valence-electron chi connectivity index (χ1n) is 24.3. The fourth-order valence-corrected chi connectivity index (χ4v) is 9.97. The number of carbonyl (C=O) groups excluding carboxylic acids is 5. The van der Waals surface area contributed by atoms with Crippen molar-refractivity contribution in [2.24, 2.45) is 17.6 Å². The van der Waals surface area contributed by atoms with Gasteiger partial charge in [0.2, 0.25) is 0 Å². The maximum absolute atomic E-state index is 13.7. The van der Waals surface area contributed by atoms with E-state index in [1.807, 2.05) is 57.2 Å². The van der Waals surface area contributed by atoms with Crippen LogP contribution in [0, 0.1) is 11.8 Å². The number of Topliss-reactive ketones (excluding diaryl/α,β-unsaturated/α-hetero) is 2. The topological polar surface area (TPSA) is 165 Å². The molecule has 2 atom stereocenters. The van der Waals surface area contributed by atoms with Crippen molar-refractivity contribution in [2.75, 3.05) is 13.1 Å². The molecule has 2 aliphatic carbocycles. The van der Waals surface area contributed by atoms with E-state index in [0.717, 1.165) is 62.8 Å². The van der Waals surface area contributed by atoms with Crippen LogP contribution < -0.4 is 11.1 Å². The van der Waals surface area contributed by atoms with Gasteiger partial charge in [-0.25, -0.2) is 4.79 Å². The standard InChI is InChI=1S/C28H34ClN3O4.C23H26ClN3O2.C2H6.CH4/c1-28(2,3)36-27(35)31-21-10-7-18(8-11-21)17-32-24(16-22-6-4-5-13-30-22)25(33)15-19-14-20(29)9-12-23(19)26(32)34;24-17-6-9-20-16(11-17)12-22(28)21(13-19-3-1-2-10-26-19)27(23(20)29)14-15-4-7-18(25)8-5-15;1-2;/h4-6,9,12-14,18,21,24H,7-8,10-11,15-17H2,1-3H3,(H,31,35);1-3,6,9-11,15,18,21H,4-5,7-8,12-14,25H2;1-2H3;1H4/t18?,21?,24-;15?,18?,21-;;/m11../s1/i;;1D;. The van der Waals surface area contributed by atoms with Crippen LogP contribution in [0.1, 0.15) is 138 Å². The summed E-state index contributed by atoms with van der Waals surface area (Å²) in [7, 11) is 0. The van der Waals surface area contributed by atoms with Crippen molar-refractivity contribution in [1.82, 2.24) is 25.1 Å². The van der Waals surface area contributed by atoms with E-state index < -0.39 is 23.8 Å². The molecule has 2 aromatic carbocycles. The number of nitrogens with zero attached hydrogens (tertiary/aromatic N) is 4. The van der Waals surface area contributed by atoms with Gasteiger partial charge in [-0.05, 0) is 156 Å². The third-order valence-corrected chi connectivity index (χ3v) is 13.4. The minimum atomic E-state index is -0.587. The zero-order valence-electron chi connectivity index (χ0n) is 40.2. The van der Waals surface area contributed by atoms with Crippen LogP contribution in [0.3, 0.4) is 0 Å². The van der Waals surface area contributed by atoms with E-state index >= 15 is 0 Å². The summed E-state index contributed by atoms with van der Waals surface area (Å²) in [5, 5.41) is 4.02. The monoisotopic (exact) mass is 969 g/mol. The molecule has 2 saturated carbocycles. The number of rotatable bonds is 9. The molecule has 0 radical (unpaired) electrons. The summed E-state index contributed by atoms with van der Waals surface area (Å²) >= 11 is 12.3. The third kappa shape index (κ3) is 14.7. The first-order valence-corrected chi connectivity index (χ1v) is 24.4. The molecule has 366 valence electrons. The van der Waals surface area contributed by atoms with Gasteiger partial charge in [-0.3, -0.25) is 29.1 Å². The van der Waals surface area contributed by atoms with Crippen molar-refractivity contribution in [1.29, 1.82) is 0 Å². The first-order chi connectivity index (χ1) is 32.5. The number of pyridine rings is 2. The Morgan fingerprint density at radius 2 is 1.15 bits per heavy atom. The van der Waals surface area contributed by atoms with Crippen LogP contribution in [0.4, 0.5) is 4.79 Å². The summed E-state index contributed by atoms with van der Waals surface area (Å²) in [5.74, 6) is 0.416. The normalized spacial score (nSPS) is 22.8. The van der Waals surface area contributed by atoms with Crippen LogP contribution in [-0.4, -0.2) is 92.1 Å². The predicted molar refractivity (Wildman–Crippen MR) is 269 cm³/mol. The molecule has 4 heterocycles. The number of benzene rings is 2. The average molecular weight is 971 g/mol. The zero-order valence-corrected chi connectivity index (χ0v) is 40.7. The molecular weight excluding hydrogens is 900 g/mol. The fraction of sp³-hybridized carbons (Fsp3) is 0.500. The summed E-state index contributed by atoms with van der Waals surface area (Å²) in [6.07, 6.45) is 11.4. The number of aromatic nitrogens is 2. The Labute approximate surface area is 414 Å². The highest BCUT2D eigenvalue weighted by atomic mass is 35.5. The molecule has 8 rings (SSSR count). The summed E-state index contributed by atoms with van der Waals surface area (Å²) in [4.78, 5) is 78.5. The van der Waals surface area contributed by atoms with Gasteiger partial charge < -0.3 is 25.6 Å². The summed E-state index contributed by atoms with van der Waals surface area (Å²) in [6, 6.07) is 20.8. The highest BCUT2D eigenvalue weighted by Gasteiger charge is 2.39. The van der Waals surface area contributed by atoms with Gasteiger partial charge in [-0.15, -0.1) is 0 Å². The van der Waals surface area contributed by atoms with Gasteiger partial charge in [0, 0.05) is 97.2 Å². The molecule has 3 N–H and O–H groups in total. The van der Waals surface area contributed by atoms with Gasteiger partial charge in [0.25, 0.3) is 11.8 Å². The van der Waals surface area contributed by atoms with Crippen molar-refractivity contribution in [2.45, 2.75) is 149 Å². The second-order valence-corrected chi connectivity index (χ2v) is 19.9. The molecule has 0 unspecified atom stereocenters. The van der Waals surface area contributed by atoms with Gasteiger partial charge in [-0.2, -0.15) is 0 Å². The van der Waals surface area contributed by atoms with Crippen LogP contribution in [-0.2, 0) is 40.0 Å². The van der Waals surface area contributed by atoms with Crippen molar-refractivity contribution in [3.05, 3.63) is 129 Å². The summed E-state index contributed by atoms with van der Waals surface area (Å²) in [5.41, 5.74) is 9.63. The average Bonchev–Trinajstić information content (AvgIpc) is 3.44. The Morgan fingerprint density at radius 1 is 0.721 bits per heavy atom. The number of nitrogens with one attached hydrogen (secondary N) is 1. The lowest BCUT2D eigenvalue weighted by Crippen LogP contribution is -2.48. The van der Waals surface area contributed by atoms with Crippen molar-refractivity contribution in [3.63, 3.8) is 0 Å². The van der Waals surface area contributed by atoms with Gasteiger partial charge in [0.05, 0.1) is 12.1 Å². The van der Waals surface area contributed by atoms with Crippen LogP contribution in [0.2, 0.25) is 10.0 Å². The molecule has 0 bridgehead atoms. The predicted octanol–water partition coefficient (Wildman–Crippen LogP) is 10.1. The number of hydrogen-bond donors (Lipinski definition) is 2. The summed E-state index contributed by atoms with van der Waals surface area (Å²) in [6.45, 7) is 8.89. The smallest absolute Gasteiger partial charge is 0.407 e. The van der Waals surface area contributed by atoms with Gasteiger partial charge in [0.1, 0.15) is 5.60 Å². The third-order valence-electron chi connectivity index (χ3n) is 13.0. The zero-order chi connectivity index (χ0) is 49.0. The van der Waals surface area contributed by atoms with E-state index in [4.69, 9.17) is 35.0 Å². The number of carbonyl (C=O) groups is 5. The van der Waals surface area contributed by atoms with E-state index in [1.165, 1.54) is 0 Å². The number of halogens is 2. The SMILES string of the molecule is C.CC(C)(C)OC(=O)NC1CCC(CN2C(=O)c3ccc(Cl)cc3CC(=O)[C@H]2Cc2ccccn2)CC1.NC1CCC(CN2C(=O)c3ccc(Cl)cc3CC(=O)[C@H]2Cc2ccccn2)CC1.[2H]CC. The molecule has 14 heteroatoms. The lowest BCUT2D eigenvalue weighted by atomic mass is 9.85. The first kappa shape index (κ1) is 52.2. The number of ether oxygens (including phenoxy) is 1. The Balaban J connectivity index is 0.000000245. The lowest BCUT2D eigenvalue weighted by molar-refractivity contribution is -0.123. The van der Waals surface area contributed by atoms with Gasteiger partial charge in [-0.1, -0.05) is 56.6 Å². The van der Waals surface area contributed by atoms with E-state index in [1.54, 1.807) is 65.5 Å². The highest BCUT2D eigenvalue weighted by molar-refractivity contribution is 6.31. The quantitative estimate of drug-likeness (QED) is 0.166. The molecule has 2 aliphatic heterocycles. The number of alkyl carbamates (subject to hydrolysis) is 1. The fourth-order valence-electron chi connectivity index (χ4n) is 9.58. The Kier molecular flexibility index (Phi) is 19.1. The molecule has 3 amide bonds. The maximum Gasteiger partial charge on any atom is 0.407 e. The van der Waals surface area contributed by atoms with Crippen molar-refractivity contribution >= 4 is 52.7 Å². The molecular formula is C54H70Cl2N6O6. The Hall–Kier alpha value is -5.17. The second-order valence-electron chi connectivity index (χ2n) is 19.0. The van der Waals surface area contributed by atoms with Crippen LogP contribution in [0.5, 0.6) is 0 Å². The molecule has 0 spiro atoms. The van der Waals surface area contributed by atoms with Crippen LogP contribution >= 0.6 is 23.2 Å². The Morgan fingerprint density at radius 3 is 1.54 bits per heavy atom. The number of fused-ring (bicyclic) bond motifs is 2. The molecule has 4 aliphatic rings. The van der Waals surface area contributed by atoms with E-state index in [2.05, 4.69) is 15.3 Å². The maximum atomic E-state index is 13.7. The molecule has 68 heavy (non-hydrogen) atoms. The van der Waals surface area contributed by atoms with E-state index in [-0.39, 0.29) is 61.7 Å². The minimum absolute atomic E-state index is 0. The highest BCUT2D eigenvalue weighted by Crippen LogP contribution is 2.32. The number of ketones is 2. The molecule has 0 saturated heterocycles. The molecule has 4 aromatic rings. The number of nitrogens with two attached hydrogens (primary N) is 1. The van der Waals surface area contributed by atoms with Crippen molar-refractivity contribution < 1.29 is 30.1 Å². The summed E-state index contributed by atoms with van der Waals surface area (Å²) < 4.78 is 11.6. The number of hydrogen-bond acceptors (Lipinski definition) is 9. The molecule has 12 nitrogen and oxygen atoms in total. The minimum Gasteiger partial charge on any atom is -0.444 e. The van der Waals surface area contributed by atoms with Gasteiger partial charge in [0.15, 0.2) is 11.6 Å². The largest absolute Gasteiger partial charge is 0.444 e. The van der Waals surface area contributed by atoms with Crippen molar-refractivity contribution in [3.8, 4) is 0 Å². The molecule has 2 aromatic heterocycles. The lowest BCUT2D eigenvalue weighted by Gasteiger charge is -2.36. The molecule has 2 fully saturated rings. The van der Waals surface area contributed by atoms with E-state index in [0.29, 0.717) is 71.0 Å².